The Morgan fingerprint density at radius 1 is 1.33 bits per heavy atom. The van der Waals surface area contributed by atoms with Crippen molar-refractivity contribution in [2.24, 2.45) is 5.73 Å². The fraction of sp³-hybridized carbons (Fsp3) is 0.400. The van der Waals surface area contributed by atoms with Gasteiger partial charge in [-0.05, 0) is 25.0 Å². The van der Waals surface area contributed by atoms with Crippen LogP contribution in [0.4, 0.5) is 0 Å². The van der Waals surface area contributed by atoms with Gasteiger partial charge in [0.15, 0.2) is 0 Å². The Hall–Kier alpha value is -1.61. The fourth-order valence-corrected chi connectivity index (χ4v) is 2.48. The van der Waals surface area contributed by atoms with Gasteiger partial charge in [-0.15, -0.1) is 0 Å². The van der Waals surface area contributed by atoms with E-state index in [9.17, 15) is 0 Å². The summed E-state index contributed by atoms with van der Waals surface area (Å²) < 4.78 is 2.20. The van der Waals surface area contributed by atoms with Crippen molar-refractivity contribution in [2.45, 2.75) is 39.3 Å². The van der Waals surface area contributed by atoms with Gasteiger partial charge in [-0.1, -0.05) is 31.2 Å². The quantitative estimate of drug-likeness (QED) is 0.897. The lowest BCUT2D eigenvalue weighted by Gasteiger charge is -2.26. The first-order chi connectivity index (χ1) is 8.65. The second-order valence-corrected chi connectivity index (χ2v) is 4.76. The molecule has 96 valence electrons. The zero-order chi connectivity index (χ0) is 13.1. The SMILES string of the molecule is CCc1nccn1C(c1ccccc1C)C(C)N. The van der Waals surface area contributed by atoms with Crippen LogP contribution in [-0.2, 0) is 6.42 Å². The van der Waals surface area contributed by atoms with E-state index in [1.54, 1.807) is 0 Å². The van der Waals surface area contributed by atoms with Gasteiger partial charge in [0.25, 0.3) is 0 Å². The number of imidazole rings is 1. The Morgan fingerprint density at radius 3 is 2.67 bits per heavy atom. The van der Waals surface area contributed by atoms with Gasteiger partial charge >= 0.3 is 0 Å². The van der Waals surface area contributed by atoms with Crippen LogP contribution in [0.1, 0.15) is 36.8 Å². The zero-order valence-corrected chi connectivity index (χ0v) is 11.3. The third-order valence-corrected chi connectivity index (χ3v) is 3.37. The van der Waals surface area contributed by atoms with Gasteiger partial charge in [-0.2, -0.15) is 0 Å². The van der Waals surface area contributed by atoms with Crippen molar-refractivity contribution in [3.8, 4) is 0 Å². The van der Waals surface area contributed by atoms with Gasteiger partial charge in [0.05, 0.1) is 6.04 Å². The standard InChI is InChI=1S/C15H21N3/c1-4-14-17-9-10-18(14)15(12(3)16)13-8-6-5-7-11(13)2/h5-10,12,15H,4,16H2,1-3H3. The summed E-state index contributed by atoms with van der Waals surface area (Å²) in [7, 11) is 0. The van der Waals surface area contributed by atoms with E-state index >= 15 is 0 Å². The van der Waals surface area contributed by atoms with Gasteiger partial charge in [0, 0.05) is 24.9 Å². The molecule has 1 aromatic carbocycles. The van der Waals surface area contributed by atoms with Crippen molar-refractivity contribution >= 4 is 0 Å². The van der Waals surface area contributed by atoms with Crippen LogP contribution in [0.3, 0.4) is 0 Å². The van der Waals surface area contributed by atoms with Crippen LogP contribution >= 0.6 is 0 Å². The first-order valence-electron chi connectivity index (χ1n) is 6.48. The van der Waals surface area contributed by atoms with E-state index in [2.05, 4.69) is 54.6 Å². The number of rotatable bonds is 4. The van der Waals surface area contributed by atoms with E-state index < -0.39 is 0 Å². The average Bonchev–Trinajstić information content (AvgIpc) is 2.79. The summed E-state index contributed by atoms with van der Waals surface area (Å²) in [5.41, 5.74) is 8.76. The molecule has 2 unspecified atom stereocenters. The van der Waals surface area contributed by atoms with Crippen LogP contribution in [0.25, 0.3) is 0 Å². The molecule has 3 nitrogen and oxygen atoms in total. The first kappa shape index (κ1) is 12.8. The van der Waals surface area contributed by atoms with Crippen LogP contribution in [0.2, 0.25) is 0 Å². The highest BCUT2D eigenvalue weighted by molar-refractivity contribution is 5.31. The molecule has 0 fully saturated rings. The highest BCUT2D eigenvalue weighted by Gasteiger charge is 2.21. The molecule has 2 N–H and O–H groups in total. The topological polar surface area (TPSA) is 43.8 Å². The largest absolute Gasteiger partial charge is 0.326 e. The number of benzene rings is 1. The molecule has 3 heteroatoms. The molecular formula is C15H21N3. The maximum Gasteiger partial charge on any atom is 0.108 e. The molecule has 1 aromatic heterocycles. The first-order valence-corrected chi connectivity index (χ1v) is 6.48. The summed E-state index contributed by atoms with van der Waals surface area (Å²) in [5, 5.41) is 0. The van der Waals surface area contributed by atoms with Gasteiger partial charge in [0.1, 0.15) is 5.82 Å². The molecule has 0 spiro atoms. The average molecular weight is 243 g/mol. The summed E-state index contributed by atoms with van der Waals surface area (Å²) in [6.45, 7) is 6.30. The molecule has 0 aliphatic heterocycles. The number of nitrogens with zero attached hydrogens (tertiary/aromatic N) is 2. The summed E-state index contributed by atoms with van der Waals surface area (Å²) >= 11 is 0. The minimum absolute atomic E-state index is 0.0469. The Balaban J connectivity index is 2.51. The van der Waals surface area contributed by atoms with E-state index in [-0.39, 0.29) is 12.1 Å². The third-order valence-electron chi connectivity index (χ3n) is 3.37. The second kappa shape index (κ2) is 5.36. The van der Waals surface area contributed by atoms with Gasteiger partial charge < -0.3 is 10.3 Å². The Labute approximate surface area is 109 Å². The maximum absolute atomic E-state index is 6.20. The van der Waals surface area contributed by atoms with Crippen LogP contribution in [0, 0.1) is 6.92 Å². The molecule has 0 saturated heterocycles. The van der Waals surface area contributed by atoms with Crippen molar-refractivity contribution in [2.75, 3.05) is 0 Å². The molecular weight excluding hydrogens is 222 g/mol. The van der Waals surface area contributed by atoms with E-state index in [0.29, 0.717) is 0 Å². The van der Waals surface area contributed by atoms with E-state index in [4.69, 9.17) is 5.73 Å². The number of aromatic nitrogens is 2. The fourth-order valence-electron chi connectivity index (χ4n) is 2.48. The van der Waals surface area contributed by atoms with Crippen molar-refractivity contribution < 1.29 is 0 Å². The Morgan fingerprint density at radius 2 is 2.06 bits per heavy atom. The smallest absolute Gasteiger partial charge is 0.108 e. The van der Waals surface area contributed by atoms with Crippen molar-refractivity contribution in [3.05, 3.63) is 53.6 Å². The molecule has 0 saturated carbocycles. The van der Waals surface area contributed by atoms with Gasteiger partial charge in [0.2, 0.25) is 0 Å². The van der Waals surface area contributed by atoms with Gasteiger partial charge in [-0.3, -0.25) is 0 Å². The monoisotopic (exact) mass is 243 g/mol. The Bertz CT molecular complexity index is 514. The third kappa shape index (κ3) is 2.31. The molecule has 0 bridgehead atoms. The lowest BCUT2D eigenvalue weighted by atomic mass is 9.96. The Kier molecular flexibility index (Phi) is 3.82. The van der Waals surface area contributed by atoms with Crippen molar-refractivity contribution in [1.82, 2.24) is 9.55 Å². The van der Waals surface area contributed by atoms with Crippen molar-refractivity contribution in [1.29, 1.82) is 0 Å². The highest BCUT2D eigenvalue weighted by Crippen LogP contribution is 2.25. The highest BCUT2D eigenvalue weighted by atomic mass is 15.1. The van der Waals surface area contributed by atoms with Crippen LogP contribution < -0.4 is 5.73 Å². The predicted molar refractivity (Wildman–Crippen MR) is 74.6 cm³/mol. The lowest BCUT2D eigenvalue weighted by Crippen LogP contribution is -2.31. The molecule has 0 aliphatic rings. The summed E-state index contributed by atoms with van der Waals surface area (Å²) in [6, 6.07) is 8.62. The maximum atomic E-state index is 6.20. The van der Waals surface area contributed by atoms with Crippen molar-refractivity contribution in [3.63, 3.8) is 0 Å². The number of nitrogens with two attached hydrogens (primary N) is 1. The number of aryl methyl sites for hydroxylation is 2. The number of hydrogen-bond acceptors (Lipinski definition) is 2. The normalized spacial score (nSPS) is 14.4. The molecule has 0 radical (unpaired) electrons. The summed E-state index contributed by atoms with van der Waals surface area (Å²) in [5.74, 6) is 1.08. The summed E-state index contributed by atoms with van der Waals surface area (Å²) in [4.78, 5) is 4.40. The summed E-state index contributed by atoms with van der Waals surface area (Å²) in [6.07, 6.45) is 4.80. The van der Waals surface area contributed by atoms with E-state index in [0.717, 1.165) is 12.2 Å². The lowest BCUT2D eigenvalue weighted by molar-refractivity contribution is 0.479. The van der Waals surface area contributed by atoms with Gasteiger partial charge in [-0.25, -0.2) is 4.98 Å². The zero-order valence-electron chi connectivity index (χ0n) is 11.3. The second-order valence-electron chi connectivity index (χ2n) is 4.76. The van der Waals surface area contributed by atoms with E-state index in [1.165, 1.54) is 11.1 Å². The van der Waals surface area contributed by atoms with Crippen LogP contribution in [0.15, 0.2) is 36.7 Å². The molecule has 0 amide bonds. The number of hydrogen-bond donors (Lipinski definition) is 1. The van der Waals surface area contributed by atoms with Crippen LogP contribution in [-0.4, -0.2) is 15.6 Å². The molecule has 18 heavy (non-hydrogen) atoms. The molecule has 2 atom stereocenters. The predicted octanol–water partition coefficient (Wildman–Crippen LogP) is 2.69. The molecule has 0 aliphatic carbocycles. The molecule has 2 rings (SSSR count). The minimum Gasteiger partial charge on any atom is -0.326 e. The van der Waals surface area contributed by atoms with Crippen LogP contribution in [0.5, 0.6) is 0 Å². The molecule has 1 heterocycles. The molecule has 2 aromatic rings. The minimum atomic E-state index is 0.0469. The van der Waals surface area contributed by atoms with E-state index in [1.807, 2.05) is 12.4 Å².